The van der Waals surface area contributed by atoms with Crippen molar-refractivity contribution in [3.63, 3.8) is 0 Å². The Morgan fingerprint density at radius 1 is 1.44 bits per heavy atom. The largest absolute Gasteiger partial charge is 0.497 e. The molecule has 0 saturated carbocycles. The lowest BCUT2D eigenvalue weighted by molar-refractivity contribution is 0.415. The van der Waals surface area contributed by atoms with Gasteiger partial charge in [-0.2, -0.15) is 5.10 Å². The van der Waals surface area contributed by atoms with Crippen LogP contribution in [-0.2, 0) is 6.54 Å². The van der Waals surface area contributed by atoms with E-state index in [1.54, 1.807) is 7.11 Å². The summed E-state index contributed by atoms with van der Waals surface area (Å²) in [6, 6.07) is 7.83. The highest BCUT2D eigenvalue weighted by molar-refractivity contribution is 5.65. The Kier molecular flexibility index (Phi) is 2.92. The van der Waals surface area contributed by atoms with E-state index in [9.17, 15) is 0 Å². The van der Waals surface area contributed by atoms with Crippen LogP contribution in [0.15, 0.2) is 24.3 Å². The van der Waals surface area contributed by atoms with Gasteiger partial charge < -0.3 is 10.5 Å². The number of rotatable bonds is 3. The first-order chi connectivity index (χ1) is 7.76. The van der Waals surface area contributed by atoms with E-state index in [0.29, 0.717) is 6.54 Å². The first kappa shape index (κ1) is 10.7. The predicted molar refractivity (Wildman–Crippen MR) is 63.2 cm³/mol. The Labute approximate surface area is 94.4 Å². The van der Waals surface area contributed by atoms with Crippen molar-refractivity contribution in [1.82, 2.24) is 10.2 Å². The van der Waals surface area contributed by atoms with Gasteiger partial charge in [-0.25, -0.2) is 0 Å². The Morgan fingerprint density at radius 2 is 2.25 bits per heavy atom. The quantitative estimate of drug-likeness (QED) is 0.824. The van der Waals surface area contributed by atoms with E-state index in [1.165, 1.54) is 0 Å². The Balaban J connectivity index is 2.45. The maximum absolute atomic E-state index is 5.60. The van der Waals surface area contributed by atoms with Gasteiger partial charge in [-0.15, -0.1) is 0 Å². The topological polar surface area (TPSA) is 63.9 Å². The molecule has 0 amide bonds. The molecule has 0 atom stereocenters. The monoisotopic (exact) mass is 217 g/mol. The Hall–Kier alpha value is -1.81. The standard InChI is InChI=1S/C12H15N3O/c1-8-11(7-13)14-15-12(8)9-4-3-5-10(6-9)16-2/h3-6H,7,13H2,1-2H3,(H,14,15). The molecule has 84 valence electrons. The van der Waals surface area contributed by atoms with Crippen molar-refractivity contribution < 1.29 is 4.74 Å². The van der Waals surface area contributed by atoms with Gasteiger partial charge in [0.05, 0.1) is 18.5 Å². The van der Waals surface area contributed by atoms with Crippen molar-refractivity contribution in [3.05, 3.63) is 35.5 Å². The fourth-order valence-electron chi connectivity index (χ4n) is 1.68. The van der Waals surface area contributed by atoms with E-state index >= 15 is 0 Å². The molecule has 0 aliphatic carbocycles. The smallest absolute Gasteiger partial charge is 0.119 e. The maximum atomic E-state index is 5.60. The van der Waals surface area contributed by atoms with E-state index in [2.05, 4.69) is 10.2 Å². The van der Waals surface area contributed by atoms with Crippen LogP contribution < -0.4 is 10.5 Å². The van der Waals surface area contributed by atoms with E-state index in [-0.39, 0.29) is 0 Å². The molecule has 1 heterocycles. The van der Waals surface area contributed by atoms with Gasteiger partial charge in [0.25, 0.3) is 0 Å². The highest BCUT2D eigenvalue weighted by Crippen LogP contribution is 2.25. The summed E-state index contributed by atoms with van der Waals surface area (Å²) < 4.78 is 5.19. The van der Waals surface area contributed by atoms with Crippen molar-refractivity contribution in [2.24, 2.45) is 5.73 Å². The molecule has 3 N–H and O–H groups in total. The second-order valence-corrected chi connectivity index (χ2v) is 3.61. The molecule has 2 rings (SSSR count). The number of aromatic nitrogens is 2. The molecule has 1 aromatic carbocycles. The zero-order valence-electron chi connectivity index (χ0n) is 9.45. The van der Waals surface area contributed by atoms with E-state index in [4.69, 9.17) is 10.5 Å². The highest BCUT2D eigenvalue weighted by atomic mass is 16.5. The number of benzene rings is 1. The fourth-order valence-corrected chi connectivity index (χ4v) is 1.68. The number of H-pyrrole nitrogens is 1. The summed E-state index contributed by atoms with van der Waals surface area (Å²) in [7, 11) is 1.65. The lowest BCUT2D eigenvalue weighted by atomic mass is 10.1. The molecule has 2 aromatic rings. The Morgan fingerprint density at radius 3 is 2.88 bits per heavy atom. The van der Waals surface area contributed by atoms with Gasteiger partial charge in [0.1, 0.15) is 5.75 Å². The molecule has 4 nitrogen and oxygen atoms in total. The minimum absolute atomic E-state index is 0.475. The van der Waals surface area contributed by atoms with E-state index in [0.717, 1.165) is 28.3 Å². The average molecular weight is 217 g/mol. The lowest BCUT2D eigenvalue weighted by Crippen LogP contribution is -1.98. The van der Waals surface area contributed by atoms with Crippen molar-refractivity contribution in [2.45, 2.75) is 13.5 Å². The number of nitrogens with zero attached hydrogens (tertiary/aromatic N) is 1. The number of hydrogen-bond acceptors (Lipinski definition) is 3. The van der Waals surface area contributed by atoms with Gasteiger partial charge in [0.15, 0.2) is 0 Å². The maximum Gasteiger partial charge on any atom is 0.119 e. The molecule has 16 heavy (non-hydrogen) atoms. The number of nitrogens with two attached hydrogens (primary N) is 1. The lowest BCUT2D eigenvalue weighted by Gasteiger charge is -2.03. The van der Waals surface area contributed by atoms with E-state index in [1.807, 2.05) is 31.2 Å². The molecule has 0 fully saturated rings. The molecule has 1 aromatic heterocycles. The van der Waals surface area contributed by atoms with E-state index < -0.39 is 0 Å². The molecule has 0 spiro atoms. The molecular weight excluding hydrogens is 202 g/mol. The summed E-state index contributed by atoms with van der Waals surface area (Å²) in [5.41, 5.74) is 9.63. The third-order valence-electron chi connectivity index (χ3n) is 2.66. The molecule has 0 unspecified atom stereocenters. The molecule has 0 saturated heterocycles. The van der Waals surface area contributed by atoms with Crippen LogP contribution in [0.2, 0.25) is 0 Å². The highest BCUT2D eigenvalue weighted by Gasteiger charge is 2.09. The fraction of sp³-hybridized carbons (Fsp3) is 0.250. The summed E-state index contributed by atoms with van der Waals surface area (Å²) in [6.45, 7) is 2.49. The average Bonchev–Trinajstić information content (AvgIpc) is 2.70. The Bertz CT molecular complexity index is 491. The second kappa shape index (κ2) is 4.37. The van der Waals surface area contributed by atoms with Crippen LogP contribution in [0.4, 0.5) is 0 Å². The SMILES string of the molecule is COc1cccc(-c2n[nH]c(CN)c2C)c1. The number of ether oxygens (including phenoxy) is 1. The first-order valence-corrected chi connectivity index (χ1v) is 5.14. The van der Waals surface area contributed by atoms with Gasteiger partial charge >= 0.3 is 0 Å². The third-order valence-corrected chi connectivity index (χ3v) is 2.66. The van der Waals surface area contributed by atoms with Gasteiger partial charge in [-0.1, -0.05) is 12.1 Å². The molecule has 4 heteroatoms. The van der Waals surface area contributed by atoms with Crippen LogP contribution in [0, 0.1) is 6.92 Å². The molecule has 0 bridgehead atoms. The number of hydrogen-bond donors (Lipinski definition) is 2. The van der Waals surface area contributed by atoms with Gasteiger partial charge in [0.2, 0.25) is 0 Å². The van der Waals surface area contributed by atoms with Crippen LogP contribution in [0.3, 0.4) is 0 Å². The van der Waals surface area contributed by atoms with Crippen molar-refractivity contribution >= 4 is 0 Å². The van der Waals surface area contributed by atoms with Crippen LogP contribution in [0.1, 0.15) is 11.3 Å². The summed E-state index contributed by atoms with van der Waals surface area (Å²) in [6.07, 6.45) is 0. The van der Waals surface area contributed by atoms with Gasteiger partial charge in [-0.05, 0) is 24.6 Å². The zero-order valence-corrected chi connectivity index (χ0v) is 9.45. The molecule has 0 aliphatic heterocycles. The third kappa shape index (κ3) is 1.79. The van der Waals surface area contributed by atoms with Crippen molar-refractivity contribution in [3.8, 4) is 17.0 Å². The number of aromatic amines is 1. The van der Waals surface area contributed by atoms with Gasteiger partial charge in [0, 0.05) is 12.1 Å². The molecular formula is C12H15N3O. The number of methoxy groups -OCH3 is 1. The zero-order chi connectivity index (χ0) is 11.5. The predicted octanol–water partition coefficient (Wildman–Crippen LogP) is 1.85. The molecule has 0 radical (unpaired) electrons. The number of nitrogens with one attached hydrogen (secondary N) is 1. The van der Waals surface area contributed by atoms with Crippen molar-refractivity contribution in [1.29, 1.82) is 0 Å². The van der Waals surface area contributed by atoms with Gasteiger partial charge in [-0.3, -0.25) is 5.10 Å². The van der Waals surface area contributed by atoms with Crippen LogP contribution in [0.25, 0.3) is 11.3 Å². The molecule has 0 aliphatic rings. The minimum Gasteiger partial charge on any atom is -0.497 e. The minimum atomic E-state index is 0.475. The summed E-state index contributed by atoms with van der Waals surface area (Å²) in [4.78, 5) is 0. The van der Waals surface area contributed by atoms with Crippen molar-refractivity contribution in [2.75, 3.05) is 7.11 Å². The first-order valence-electron chi connectivity index (χ1n) is 5.14. The normalized spacial score (nSPS) is 10.4. The van der Waals surface area contributed by atoms with Crippen LogP contribution >= 0.6 is 0 Å². The summed E-state index contributed by atoms with van der Waals surface area (Å²) in [5, 5.41) is 7.22. The van der Waals surface area contributed by atoms with Crippen LogP contribution in [-0.4, -0.2) is 17.3 Å². The summed E-state index contributed by atoms with van der Waals surface area (Å²) >= 11 is 0. The second-order valence-electron chi connectivity index (χ2n) is 3.61. The van der Waals surface area contributed by atoms with Crippen LogP contribution in [0.5, 0.6) is 5.75 Å². The summed E-state index contributed by atoms with van der Waals surface area (Å²) in [5.74, 6) is 0.828.